The largest absolute Gasteiger partial charge is 0.497 e. The third-order valence-corrected chi connectivity index (χ3v) is 5.72. The van der Waals surface area contributed by atoms with Gasteiger partial charge in [0.05, 0.1) is 25.5 Å². The smallest absolute Gasteiger partial charge is 0.339 e. The summed E-state index contributed by atoms with van der Waals surface area (Å²) in [6.07, 6.45) is 0.729. The van der Waals surface area contributed by atoms with Gasteiger partial charge in [-0.3, -0.25) is 14.4 Å². The summed E-state index contributed by atoms with van der Waals surface area (Å²) < 4.78 is 9.90. The molecule has 168 valence electrons. The van der Waals surface area contributed by atoms with Gasteiger partial charge in [-0.2, -0.15) is 0 Å². The SMILES string of the molecule is COC(=O)c1ccccc1NC(=O)c1cc2c([nH]c1=O)C[C@H](c1ccc(OC)cc1)CC2=O. The second kappa shape index (κ2) is 9.12. The quantitative estimate of drug-likeness (QED) is 0.581. The van der Waals surface area contributed by atoms with Crippen LogP contribution in [0.15, 0.2) is 59.4 Å². The van der Waals surface area contributed by atoms with Gasteiger partial charge in [0.25, 0.3) is 11.5 Å². The Kier molecular flexibility index (Phi) is 6.08. The molecule has 2 N–H and O–H groups in total. The minimum atomic E-state index is -0.722. The molecule has 0 aliphatic heterocycles. The number of carbonyl (C=O) groups excluding carboxylic acids is 3. The van der Waals surface area contributed by atoms with Crippen molar-refractivity contribution in [2.24, 2.45) is 0 Å². The van der Waals surface area contributed by atoms with E-state index in [9.17, 15) is 19.2 Å². The monoisotopic (exact) mass is 446 g/mol. The lowest BCUT2D eigenvalue weighted by Gasteiger charge is -2.24. The van der Waals surface area contributed by atoms with Gasteiger partial charge in [-0.25, -0.2) is 4.79 Å². The summed E-state index contributed by atoms with van der Waals surface area (Å²) in [5, 5.41) is 2.57. The van der Waals surface area contributed by atoms with E-state index in [-0.39, 0.29) is 34.9 Å². The van der Waals surface area contributed by atoms with Crippen LogP contribution in [0.5, 0.6) is 5.75 Å². The van der Waals surface area contributed by atoms with E-state index in [2.05, 4.69) is 10.3 Å². The number of para-hydroxylation sites is 1. The summed E-state index contributed by atoms with van der Waals surface area (Å²) in [4.78, 5) is 53.1. The molecule has 4 rings (SSSR count). The van der Waals surface area contributed by atoms with E-state index in [1.54, 1.807) is 19.2 Å². The van der Waals surface area contributed by atoms with Crippen LogP contribution >= 0.6 is 0 Å². The number of aromatic nitrogens is 1. The van der Waals surface area contributed by atoms with Gasteiger partial charge >= 0.3 is 5.97 Å². The lowest BCUT2D eigenvalue weighted by atomic mass is 9.81. The number of amides is 1. The second-order valence-electron chi connectivity index (χ2n) is 7.70. The Morgan fingerprint density at radius 1 is 0.970 bits per heavy atom. The molecular weight excluding hydrogens is 424 g/mol. The van der Waals surface area contributed by atoms with Crippen LogP contribution in [0.2, 0.25) is 0 Å². The normalized spacial score (nSPS) is 14.8. The minimum Gasteiger partial charge on any atom is -0.497 e. The fraction of sp³-hybridized carbons (Fsp3) is 0.200. The van der Waals surface area contributed by atoms with Crippen LogP contribution in [0.4, 0.5) is 5.69 Å². The van der Waals surface area contributed by atoms with Crippen LogP contribution in [-0.2, 0) is 11.2 Å². The van der Waals surface area contributed by atoms with E-state index >= 15 is 0 Å². The van der Waals surface area contributed by atoms with Crippen LogP contribution in [0.1, 0.15) is 54.7 Å². The fourth-order valence-corrected chi connectivity index (χ4v) is 3.98. The highest BCUT2D eigenvalue weighted by molar-refractivity contribution is 6.09. The van der Waals surface area contributed by atoms with Gasteiger partial charge in [0.2, 0.25) is 0 Å². The molecule has 1 atom stereocenters. The van der Waals surface area contributed by atoms with E-state index in [4.69, 9.17) is 9.47 Å². The maximum atomic E-state index is 12.9. The number of methoxy groups -OCH3 is 2. The molecule has 0 saturated carbocycles. The van der Waals surface area contributed by atoms with Crippen LogP contribution in [-0.4, -0.2) is 36.9 Å². The number of fused-ring (bicyclic) bond motifs is 1. The van der Waals surface area contributed by atoms with Crippen molar-refractivity contribution in [1.29, 1.82) is 0 Å². The van der Waals surface area contributed by atoms with Gasteiger partial charge in [0, 0.05) is 17.7 Å². The number of ketones is 1. The maximum absolute atomic E-state index is 12.9. The van der Waals surface area contributed by atoms with Crippen molar-refractivity contribution in [3.63, 3.8) is 0 Å². The number of benzene rings is 2. The van der Waals surface area contributed by atoms with Gasteiger partial charge in [0.1, 0.15) is 11.3 Å². The van der Waals surface area contributed by atoms with Crippen molar-refractivity contribution in [2.45, 2.75) is 18.8 Å². The highest BCUT2D eigenvalue weighted by atomic mass is 16.5. The number of aromatic amines is 1. The first kappa shape index (κ1) is 22.0. The predicted molar refractivity (Wildman–Crippen MR) is 121 cm³/mol. The molecule has 33 heavy (non-hydrogen) atoms. The lowest BCUT2D eigenvalue weighted by molar-refractivity contribution is 0.0601. The standard InChI is InChI=1S/C25H22N2O6/c1-32-16-9-7-14(8-10-16)15-11-21-18(22(28)12-15)13-19(24(30)27-21)23(29)26-20-6-4-3-5-17(20)25(31)33-2/h3-10,13,15H,11-12H2,1-2H3,(H,26,29)(H,27,30)/t15-/m0/s1. The zero-order valence-corrected chi connectivity index (χ0v) is 18.1. The highest BCUT2D eigenvalue weighted by Gasteiger charge is 2.29. The topological polar surface area (TPSA) is 115 Å². The molecule has 0 fully saturated rings. The van der Waals surface area contributed by atoms with E-state index < -0.39 is 17.4 Å². The molecule has 1 heterocycles. The fourth-order valence-electron chi connectivity index (χ4n) is 3.98. The zero-order valence-electron chi connectivity index (χ0n) is 18.1. The molecule has 8 heteroatoms. The molecule has 0 bridgehead atoms. The second-order valence-corrected chi connectivity index (χ2v) is 7.70. The number of hydrogen-bond acceptors (Lipinski definition) is 6. The summed E-state index contributed by atoms with van der Waals surface area (Å²) in [5.41, 5.74) is 1.35. The van der Waals surface area contributed by atoms with E-state index in [1.807, 2.05) is 24.3 Å². The highest BCUT2D eigenvalue weighted by Crippen LogP contribution is 2.32. The maximum Gasteiger partial charge on any atom is 0.339 e. The van der Waals surface area contributed by atoms with Gasteiger partial charge in [-0.15, -0.1) is 0 Å². The Morgan fingerprint density at radius 2 is 1.70 bits per heavy atom. The average molecular weight is 446 g/mol. The molecular formula is C25H22N2O6. The number of carbonyl (C=O) groups is 3. The van der Waals surface area contributed by atoms with E-state index in [0.717, 1.165) is 11.3 Å². The van der Waals surface area contributed by atoms with Crippen molar-refractivity contribution in [3.8, 4) is 5.75 Å². The van der Waals surface area contributed by atoms with Crippen molar-refractivity contribution in [2.75, 3.05) is 19.5 Å². The molecule has 1 aliphatic carbocycles. The summed E-state index contributed by atoms with van der Waals surface area (Å²) in [7, 11) is 2.82. The molecule has 1 aliphatic rings. The van der Waals surface area contributed by atoms with Crippen molar-refractivity contribution in [3.05, 3.63) is 92.9 Å². The molecule has 0 saturated heterocycles. The Balaban J connectivity index is 1.61. The number of rotatable bonds is 5. The first-order valence-corrected chi connectivity index (χ1v) is 10.3. The molecule has 0 unspecified atom stereocenters. The van der Waals surface area contributed by atoms with Crippen molar-refractivity contribution < 1.29 is 23.9 Å². The third kappa shape index (κ3) is 4.41. The van der Waals surface area contributed by atoms with Gasteiger partial charge < -0.3 is 19.8 Å². The molecule has 2 aromatic carbocycles. The van der Waals surface area contributed by atoms with E-state index in [1.165, 1.54) is 25.3 Å². The molecule has 3 aromatic rings. The van der Waals surface area contributed by atoms with Gasteiger partial charge in [-0.05, 0) is 48.2 Å². The Labute approximate surface area is 189 Å². The molecule has 0 spiro atoms. The Hall–Kier alpha value is -4.20. The predicted octanol–water partition coefficient (Wildman–Crippen LogP) is 3.34. The Bertz CT molecular complexity index is 1290. The van der Waals surface area contributed by atoms with Crippen LogP contribution in [0.3, 0.4) is 0 Å². The number of pyridine rings is 1. The minimum absolute atomic E-state index is 0.0850. The molecule has 1 aromatic heterocycles. The summed E-state index contributed by atoms with van der Waals surface area (Å²) in [6.45, 7) is 0. The Morgan fingerprint density at radius 3 is 2.39 bits per heavy atom. The van der Waals surface area contributed by atoms with Gasteiger partial charge in [-0.1, -0.05) is 24.3 Å². The van der Waals surface area contributed by atoms with Crippen LogP contribution in [0, 0.1) is 0 Å². The van der Waals surface area contributed by atoms with E-state index in [0.29, 0.717) is 17.7 Å². The van der Waals surface area contributed by atoms with Crippen LogP contribution in [0.25, 0.3) is 0 Å². The summed E-state index contributed by atoms with van der Waals surface area (Å²) in [5.74, 6) is -0.861. The summed E-state index contributed by atoms with van der Waals surface area (Å²) >= 11 is 0. The van der Waals surface area contributed by atoms with Gasteiger partial charge in [0.15, 0.2) is 5.78 Å². The number of H-pyrrole nitrogens is 1. The van der Waals surface area contributed by atoms with Crippen molar-refractivity contribution >= 4 is 23.3 Å². The first-order chi connectivity index (χ1) is 15.9. The number of esters is 1. The zero-order chi connectivity index (χ0) is 23.5. The molecule has 8 nitrogen and oxygen atoms in total. The number of anilines is 1. The number of Topliss-reactive ketones (excluding diaryl/α,β-unsaturated/α-hetero) is 1. The number of ether oxygens (including phenoxy) is 2. The van der Waals surface area contributed by atoms with Crippen LogP contribution < -0.4 is 15.6 Å². The first-order valence-electron chi connectivity index (χ1n) is 10.3. The lowest BCUT2D eigenvalue weighted by Crippen LogP contribution is -2.29. The number of hydrogen-bond donors (Lipinski definition) is 2. The third-order valence-electron chi connectivity index (χ3n) is 5.72. The average Bonchev–Trinajstić information content (AvgIpc) is 2.83. The number of nitrogens with one attached hydrogen (secondary N) is 2. The molecule has 1 amide bonds. The van der Waals surface area contributed by atoms with Crippen molar-refractivity contribution in [1.82, 2.24) is 4.98 Å². The summed E-state index contributed by atoms with van der Waals surface area (Å²) in [6, 6.07) is 15.1. The molecule has 0 radical (unpaired) electrons.